The van der Waals surface area contributed by atoms with E-state index in [1.54, 1.807) is 38.9 Å². The van der Waals surface area contributed by atoms with E-state index in [0.717, 1.165) is 5.56 Å². The van der Waals surface area contributed by atoms with Crippen LogP contribution in [0, 0.1) is 0 Å². The van der Waals surface area contributed by atoms with Crippen molar-refractivity contribution in [3.63, 3.8) is 0 Å². The molecule has 3 heterocycles. The quantitative estimate of drug-likeness (QED) is 0.349. The van der Waals surface area contributed by atoms with Crippen molar-refractivity contribution in [3.05, 3.63) is 84.8 Å². The SMILES string of the molecule is O=C(/C=C/c1ccccc1)N1CCN(C(=O)CNc2c(-c3ccc(OC(F)(F)F)cc3)nc3cnccn23)CC1. The Bertz CT molecular complexity index is 1510. The van der Waals surface area contributed by atoms with Crippen molar-refractivity contribution in [2.24, 2.45) is 0 Å². The molecule has 2 aromatic carbocycles. The maximum atomic E-state index is 13.0. The van der Waals surface area contributed by atoms with E-state index < -0.39 is 6.36 Å². The molecule has 1 aliphatic heterocycles. The van der Waals surface area contributed by atoms with Crippen molar-refractivity contribution in [1.29, 1.82) is 0 Å². The Hall–Kier alpha value is -4.87. The van der Waals surface area contributed by atoms with E-state index in [-0.39, 0.29) is 24.1 Å². The average molecular weight is 551 g/mol. The molecule has 0 atom stereocenters. The topological polar surface area (TPSA) is 92.1 Å². The summed E-state index contributed by atoms with van der Waals surface area (Å²) in [5.41, 5.74) is 2.41. The summed E-state index contributed by atoms with van der Waals surface area (Å²) in [5, 5.41) is 3.14. The first-order valence-corrected chi connectivity index (χ1v) is 12.5. The lowest BCUT2D eigenvalue weighted by Gasteiger charge is -2.34. The molecule has 2 amide bonds. The van der Waals surface area contributed by atoms with Crippen molar-refractivity contribution in [1.82, 2.24) is 24.2 Å². The number of imidazole rings is 1. The second-order valence-electron chi connectivity index (χ2n) is 8.99. The first-order valence-electron chi connectivity index (χ1n) is 12.5. The van der Waals surface area contributed by atoms with Crippen molar-refractivity contribution in [3.8, 4) is 17.0 Å². The Labute approximate surface area is 227 Å². The fourth-order valence-corrected chi connectivity index (χ4v) is 4.38. The summed E-state index contributed by atoms with van der Waals surface area (Å²) in [6.45, 7) is 1.59. The molecule has 0 spiro atoms. The minimum absolute atomic E-state index is 0.0414. The van der Waals surface area contributed by atoms with Crippen LogP contribution in [0.4, 0.5) is 19.0 Å². The number of hydrogen-bond donors (Lipinski definition) is 1. The largest absolute Gasteiger partial charge is 0.573 e. The van der Waals surface area contributed by atoms with Gasteiger partial charge < -0.3 is 19.9 Å². The number of ether oxygens (including phenoxy) is 1. The van der Waals surface area contributed by atoms with E-state index in [9.17, 15) is 22.8 Å². The lowest BCUT2D eigenvalue weighted by atomic mass is 10.1. The van der Waals surface area contributed by atoms with Crippen LogP contribution in [0.5, 0.6) is 5.75 Å². The highest BCUT2D eigenvalue weighted by molar-refractivity contribution is 5.92. The Balaban J connectivity index is 1.22. The molecule has 9 nitrogen and oxygen atoms in total. The fraction of sp³-hybridized carbons (Fsp3) is 0.214. The lowest BCUT2D eigenvalue weighted by molar-refractivity contribution is -0.274. The highest BCUT2D eigenvalue weighted by atomic mass is 19.4. The summed E-state index contributed by atoms with van der Waals surface area (Å²) >= 11 is 0. The molecule has 0 saturated carbocycles. The van der Waals surface area contributed by atoms with Gasteiger partial charge in [0, 0.05) is 50.2 Å². The number of nitrogens with zero attached hydrogens (tertiary/aromatic N) is 5. The van der Waals surface area contributed by atoms with Crippen LogP contribution in [0.25, 0.3) is 23.0 Å². The van der Waals surface area contributed by atoms with Crippen LogP contribution in [-0.2, 0) is 9.59 Å². The van der Waals surface area contributed by atoms with E-state index >= 15 is 0 Å². The molecule has 0 unspecified atom stereocenters. The van der Waals surface area contributed by atoms with Gasteiger partial charge in [0.2, 0.25) is 11.8 Å². The zero-order valence-electron chi connectivity index (χ0n) is 21.2. The minimum Gasteiger partial charge on any atom is -0.406 e. The summed E-state index contributed by atoms with van der Waals surface area (Å²) in [6.07, 6.45) is 3.29. The van der Waals surface area contributed by atoms with Gasteiger partial charge in [-0.1, -0.05) is 30.3 Å². The van der Waals surface area contributed by atoms with Gasteiger partial charge in [-0.15, -0.1) is 13.2 Å². The number of halogens is 3. The fourth-order valence-electron chi connectivity index (χ4n) is 4.38. The number of alkyl halides is 3. The van der Waals surface area contributed by atoms with Crippen LogP contribution in [0.1, 0.15) is 5.56 Å². The normalized spacial score (nSPS) is 14.1. The van der Waals surface area contributed by atoms with Gasteiger partial charge in [-0.25, -0.2) is 4.98 Å². The number of aromatic nitrogens is 3. The third kappa shape index (κ3) is 6.40. The molecule has 0 aliphatic carbocycles. The van der Waals surface area contributed by atoms with Crippen molar-refractivity contribution < 1.29 is 27.5 Å². The molecular weight excluding hydrogens is 525 g/mol. The van der Waals surface area contributed by atoms with Gasteiger partial charge in [0.1, 0.15) is 17.3 Å². The Morgan fingerprint density at radius 3 is 2.38 bits per heavy atom. The molecule has 1 saturated heterocycles. The Morgan fingerprint density at radius 1 is 0.975 bits per heavy atom. The van der Waals surface area contributed by atoms with Crippen molar-refractivity contribution >= 4 is 29.4 Å². The molecule has 2 aromatic heterocycles. The minimum atomic E-state index is -4.79. The zero-order chi connectivity index (χ0) is 28.1. The van der Waals surface area contributed by atoms with E-state index in [0.29, 0.717) is 48.9 Å². The molecule has 1 aliphatic rings. The number of piperazine rings is 1. The molecule has 4 aromatic rings. The number of anilines is 1. The van der Waals surface area contributed by atoms with Gasteiger partial charge in [0.05, 0.1) is 12.7 Å². The summed E-state index contributed by atoms with van der Waals surface area (Å²) < 4.78 is 43.3. The molecule has 206 valence electrons. The van der Waals surface area contributed by atoms with Gasteiger partial charge in [0.15, 0.2) is 5.65 Å². The number of fused-ring (bicyclic) bond motifs is 1. The lowest BCUT2D eigenvalue weighted by Crippen LogP contribution is -2.51. The van der Waals surface area contributed by atoms with Crippen LogP contribution in [0.2, 0.25) is 0 Å². The standard InChI is InChI=1S/C28H25F3N6O3/c29-28(30,31)40-22-9-7-21(8-10-22)26-27(37-13-12-32-18-23(37)34-26)33-19-25(39)36-16-14-35(15-17-36)24(38)11-6-20-4-2-1-3-5-20/h1-13,18,33H,14-17,19H2/b11-6+. The number of rotatable bonds is 7. The molecule has 1 N–H and O–H groups in total. The number of nitrogens with one attached hydrogen (secondary N) is 1. The third-order valence-electron chi connectivity index (χ3n) is 6.36. The van der Waals surface area contributed by atoms with Gasteiger partial charge in [-0.05, 0) is 35.9 Å². The maximum Gasteiger partial charge on any atom is 0.573 e. The van der Waals surface area contributed by atoms with Crippen LogP contribution in [0.15, 0.2) is 79.3 Å². The molecule has 12 heteroatoms. The van der Waals surface area contributed by atoms with E-state index in [2.05, 4.69) is 20.0 Å². The van der Waals surface area contributed by atoms with E-state index in [1.165, 1.54) is 30.3 Å². The van der Waals surface area contributed by atoms with E-state index in [4.69, 9.17) is 0 Å². The molecule has 0 radical (unpaired) electrons. The summed E-state index contributed by atoms with van der Waals surface area (Å²) in [7, 11) is 0. The van der Waals surface area contributed by atoms with Gasteiger partial charge >= 0.3 is 6.36 Å². The predicted molar refractivity (Wildman–Crippen MR) is 142 cm³/mol. The predicted octanol–water partition coefficient (Wildman–Crippen LogP) is 4.09. The highest BCUT2D eigenvalue weighted by Gasteiger charge is 2.31. The molecule has 1 fully saturated rings. The van der Waals surface area contributed by atoms with Gasteiger partial charge in [-0.3, -0.25) is 19.0 Å². The number of carbonyl (C=O) groups excluding carboxylic acids is 2. The molecular formula is C28H25F3N6O3. The maximum absolute atomic E-state index is 13.0. The average Bonchev–Trinajstić information content (AvgIpc) is 3.33. The number of benzene rings is 2. The summed E-state index contributed by atoms with van der Waals surface area (Å²) in [5.74, 6) is -0.116. The zero-order valence-corrected chi connectivity index (χ0v) is 21.2. The first-order chi connectivity index (χ1) is 19.3. The van der Waals surface area contributed by atoms with Crippen molar-refractivity contribution in [2.45, 2.75) is 6.36 Å². The van der Waals surface area contributed by atoms with Crippen LogP contribution >= 0.6 is 0 Å². The first kappa shape index (κ1) is 26.7. The van der Waals surface area contributed by atoms with Crippen LogP contribution < -0.4 is 10.1 Å². The molecule has 5 rings (SSSR count). The number of carbonyl (C=O) groups is 2. The molecule has 40 heavy (non-hydrogen) atoms. The molecule has 0 bridgehead atoms. The number of hydrogen-bond acceptors (Lipinski definition) is 6. The van der Waals surface area contributed by atoms with Gasteiger partial charge in [0.25, 0.3) is 0 Å². The third-order valence-corrected chi connectivity index (χ3v) is 6.36. The second kappa shape index (κ2) is 11.5. The smallest absolute Gasteiger partial charge is 0.406 e. The highest BCUT2D eigenvalue weighted by Crippen LogP contribution is 2.31. The van der Waals surface area contributed by atoms with E-state index in [1.807, 2.05) is 30.3 Å². The number of amides is 2. The Morgan fingerprint density at radius 2 is 1.68 bits per heavy atom. The van der Waals surface area contributed by atoms with Crippen LogP contribution in [0.3, 0.4) is 0 Å². The second-order valence-corrected chi connectivity index (χ2v) is 8.99. The summed E-state index contributed by atoms with van der Waals surface area (Å²) in [6, 6.07) is 14.9. The van der Waals surface area contributed by atoms with Crippen LogP contribution in [-0.4, -0.2) is 75.1 Å². The van der Waals surface area contributed by atoms with Gasteiger partial charge in [-0.2, -0.15) is 0 Å². The van der Waals surface area contributed by atoms with Crippen molar-refractivity contribution in [2.75, 3.05) is 38.0 Å². The summed E-state index contributed by atoms with van der Waals surface area (Å²) in [4.78, 5) is 37.6. The monoisotopic (exact) mass is 550 g/mol. The Kier molecular flexibility index (Phi) is 7.67.